The Labute approximate surface area is 102 Å². The van der Waals surface area contributed by atoms with Crippen LogP contribution in [0.1, 0.15) is 25.7 Å². The zero-order chi connectivity index (χ0) is 11.2. The van der Waals surface area contributed by atoms with Crippen molar-refractivity contribution in [3.05, 3.63) is 0 Å². The van der Waals surface area contributed by atoms with Crippen molar-refractivity contribution in [2.24, 2.45) is 11.8 Å². The van der Waals surface area contributed by atoms with Crippen molar-refractivity contribution in [3.63, 3.8) is 0 Å². The summed E-state index contributed by atoms with van der Waals surface area (Å²) in [5, 5.41) is 6.50. The quantitative estimate of drug-likeness (QED) is 0.779. The highest BCUT2D eigenvalue weighted by Crippen LogP contribution is 2.23. The Hall–Kier alpha value is -0.220. The van der Waals surface area contributed by atoms with E-state index in [4.69, 9.17) is 0 Å². The highest BCUT2D eigenvalue weighted by Gasteiger charge is 2.22. The molecule has 16 heavy (non-hydrogen) atoms. The van der Waals surface area contributed by atoms with Crippen LogP contribution in [0.3, 0.4) is 0 Å². The lowest BCUT2D eigenvalue weighted by Crippen LogP contribution is -2.35. The van der Waals surface area contributed by atoms with E-state index in [2.05, 4.69) is 10.6 Å². The van der Waals surface area contributed by atoms with Crippen LogP contribution in [0, 0.1) is 11.8 Å². The van der Waals surface area contributed by atoms with Crippen molar-refractivity contribution in [1.82, 2.24) is 10.6 Å². The van der Waals surface area contributed by atoms with Crippen LogP contribution in [0.15, 0.2) is 0 Å². The topological polar surface area (TPSA) is 41.1 Å². The second kappa shape index (κ2) is 6.50. The Balaban J connectivity index is 1.57. The minimum absolute atomic E-state index is 0.286. The summed E-state index contributed by atoms with van der Waals surface area (Å²) in [5.41, 5.74) is 0. The molecule has 0 aliphatic carbocycles. The third-order valence-electron chi connectivity index (χ3n) is 3.55. The van der Waals surface area contributed by atoms with E-state index in [0.717, 1.165) is 43.4 Å². The zero-order valence-electron chi connectivity index (χ0n) is 9.84. The summed E-state index contributed by atoms with van der Waals surface area (Å²) < 4.78 is 0. The van der Waals surface area contributed by atoms with Gasteiger partial charge in [0.05, 0.1) is 0 Å². The summed E-state index contributed by atoms with van der Waals surface area (Å²) >= 11 is 1.90. The lowest BCUT2D eigenvalue weighted by Gasteiger charge is -2.22. The smallest absolute Gasteiger partial charge is 0.223 e. The van der Waals surface area contributed by atoms with Crippen LogP contribution >= 0.6 is 11.8 Å². The molecule has 0 spiro atoms. The van der Waals surface area contributed by atoms with Gasteiger partial charge in [0.1, 0.15) is 0 Å². The predicted octanol–water partition coefficient (Wildman–Crippen LogP) is 1.25. The van der Waals surface area contributed by atoms with Crippen molar-refractivity contribution in [1.29, 1.82) is 0 Å². The molecule has 2 saturated heterocycles. The number of carbonyl (C=O) groups excluding carboxylic acids is 1. The average Bonchev–Trinajstić information content (AvgIpc) is 2.84. The maximum absolute atomic E-state index is 11.7. The molecular weight excluding hydrogens is 220 g/mol. The van der Waals surface area contributed by atoms with E-state index in [1.165, 1.54) is 19.4 Å². The Morgan fingerprint density at radius 1 is 1.44 bits per heavy atom. The fourth-order valence-corrected chi connectivity index (χ4v) is 3.68. The number of thioether (sulfide) groups is 1. The van der Waals surface area contributed by atoms with Crippen LogP contribution in [0.4, 0.5) is 0 Å². The summed E-state index contributed by atoms with van der Waals surface area (Å²) in [4.78, 5) is 11.7. The van der Waals surface area contributed by atoms with Gasteiger partial charge in [0.2, 0.25) is 5.91 Å². The Bertz CT molecular complexity index is 223. The maximum atomic E-state index is 11.7. The average molecular weight is 242 g/mol. The van der Waals surface area contributed by atoms with Crippen LogP contribution in [0.5, 0.6) is 0 Å². The predicted molar refractivity (Wildman–Crippen MR) is 68.7 cm³/mol. The van der Waals surface area contributed by atoms with E-state index in [0.29, 0.717) is 0 Å². The van der Waals surface area contributed by atoms with E-state index in [9.17, 15) is 4.79 Å². The molecule has 0 saturated carbocycles. The zero-order valence-corrected chi connectivity index (χ0v) is 10.7. The molecule has 4 heteroatoms. The lowest BCUT2D eigenvalue weighted by molar-refractivity contribution is -0.124. The summed E-state index contributed by atoms with van der Waals surface area (Å²) in [7, 11) is 0. The van der Waals surface area contributed by atoms with Gasteiger partial charge in [-0.3, -0.25) is 4.79 Å². The van der Waals surface area contributed by atoms with Gasteiger partial charge < -0.3 is 10.6 Å². The summed E-state index contributed by atoms with van der Waals surface area (Å²) in [6.07, 6.45) is 4.82. The first kappa shape index (κ1) is 12.2. The summed E-state index contributed by atoms with van der Waals surface area (Å²) in [5.74, 6) is 3.52. The van der Waals surface area contributed by atoms with Crippen molar-refractivity contribution in [3.8, 4) is 0 Å². The molecule has 0 aromatic rings. The normalized spacial score (nSPS) is 30.2. The largest absolute Gasteiger partial charge is 0.356 e. The standard InChI is InChI=1S/C12H22N2OS/c15-12(11-4-7-16-9-11)14-6-3-10-2-1-5-13-8-10/h10-11,13H,1-9H2,(H,14,15). The number of piperidine rings is 1. The monoisotopic (exact) mass is 242 g/mol. The minimum Gasteiger partial charge on any atom is -0.356 e. The van der Waals surface area contributed by atoms with E-state index < -0.39 is 0 Å². The number of hydrogen-bond acceptors (Lipinski definition) is 3. The summed E-state index contributed by atoms with van der Waals surface area (Å²) in [6, 6.07) is 0. The van der Waals surface area contributed by atoms with Crippen molar-refractivity contribution < 1.29 is 4.79 Å². The molecule has 92 valence electrons. The molecule has 2 rings (SSSR count). The lowest BCUT2D eigenvalue weighted by atomic mass is 9.96. The second-order valence-electron chi connectivity index (χ2n) is 4.85. The highest BCUT2D eigenvalue weighted by molar-refractivity contribution is 7.99. The Morgan fingerprint density at radius 3 is 3.06 bits per heavy atom. The first-order chi connectivity index (χ1) is 7.86. The molecule has 3 nitrogen and oxygen atoms in total. The molecule has 2 unspecified atom stereocenters. The number of carbonyl (C=O) groups is 1. The molecule has 0 radical (unpaired) electrons. The molecule has 0 bridgehead atoms. The first-order valence-electron chi connectivity index (χ1n) is 6.42. The maximum Gasteiger partial charge on any atom is 0.223 e. The van der Waals surface area contributed by atoms with Crippen LogP contribution < -0.4 is 10.6 Å². The van der Waals surface area contributed by atoms with Crippen molar-refractivity contribution in [2.45, 2.75) is 25.7 Å². The molecule has 2 atom stereocenters. The molecule has 2 fully saturated rings. The van der Waals surface area contributed by atoms with Crippen LogP contribution in [0.25, 0.3) is 0 Å². The van der Waals surface area contributed by atoms with Crippen LogP contribution in [-0.2, 0) is 4.79 Å². The molecule has 2 heterocycles. The molecular formula is C12H22N2OS. The fraction of sp³-hybridized carbons (Fsp3) is 0.917. The number of hydrogen-bond donors (Lipinski definition) is 2. The van der Waals surface area contributed by atoms with E-state index >= 15 is 0 Å². The molecule has 1 amide bonds. The molecule has 0 aromatic heterocycles. The van der Waals surface area contributed by atoms with Gasteiger partial charge in [0.15, 0.2) is 0 Å². The van der Waals surface area contributed by atoms with Gasteiger partial charge in [0, 0.05) is 18.2 Å². The minimum atomic E-state index is 0.286. The van der Waals surface area contributed by atoms with Gasteiger partial charge in [-0.1, -0.05) is 0 Å². The van der Waals surface area contributed by atoms with Gasteiger partial charge in [-0.05, 0) is 50.4 Å². The molecule has 2 aliphatic heterocycles. The van der Waals surface area contributed by atoms with Crippen molar-refractivity contribution in [2.75, 3.05) is 31.1 Å². The number of rotatable bonds is 4. The van der Waals surface area contributed by atoms with E-state index in [-0.39, 0.29) is 11.8 Å². The van der Waals surface area contributed by atoms with Crippen LogP contribution in [0.2, 0.25) is 0 Å². The van der Waals surface area contributed by atoms with Gasteiger partial charge in [-0.15, -0.1) is 0 Å². The van der Waals surface area contributed by atoms with E-state index in [1.54, 1.807) is 0 Å². The van der Waals surface area contributed by atoms with Gasteiger partial charge in [0.25, 0.3) is 0 Å². The molecule has 2 aliphatic rings. The Kier molecular flexibility index (Phi) is 4.97. The third-order valence-corrected chi connectivity index (χ3v) is 4.71. The molecule has 2 N–H and O–H groups in total. The SMILES string of the molecule is O=C(NCCC1CCCNC1)C1CCSC1. The Morgan fingerprint density at radius 2 is 2.38 bits per heavy atom. The van der Waals surface area contributed by atoms with E-state index in [1.807, 2.05) is 11.8 Å². The van der Waals surface area contributed by atoms with Gasteiger partial charge in [-0.25, -0.2) is 0 Å². The third kappa shape index (κ3) is 3.67. The first-order valence-corrected chi connectivity index (χ1v) is 7.58. The van der Waals surface area contributed by atoms with Gasteiger partial charge >= 0.3 is 0 Å². The van der Waals surface area contributed by atoms with Gasteiger partial charge in [-0.2, -0.15) is 11.8 Å². The summed E-state index contributed by atoms with van der Waals surface area (Å²) in [6.45, 7) is 3.17. The number of nitrogens with one attached hydrogen (secondary N) is 2. The van der Waals surface area contributed by atoms with Crippen molar-refractivity contribution >= 4 is 17.7 Å². The fourth-order valence-electron chi connectivity index (χ4n) is 2.46. The van der Waals surface area contributed by atoms with Crippen LogP contribution in [-0.4, -0.2) is 37.0 Å². The second-order valence-corrected chi connectivity index (χ2v) is 6.00. The highest BCUT2D eigenvalue weighted by atomic mass is 32.2. The number of amides is 1. The molecule has 0 aromatic carbocycles.